The number of amides is 3. The number of carbonyl (C=O) groups is 2. The van der Waals surface area contributed by atoms with Crippen LogP contribution in [0.25, 0.3) is 0 Å². The molecule has 1 heterocycles. The van der Waals surface area contributed by atoms with Crippen LogP contribution in [0.5, 0.6) is 0 Å². The third kappa shape index (κ3) is 3.50. The summed E-state index contributed by atoms with van der Waals surface area (Å²) < 4.78 is 0. The average molecular weight is 335 g/mol. The maximum absolute atomic E-state index is 12.7. The molecule has 0 bridgehead atoms. The molecular weight excluding hydrogens is 314 g/mol. The molecule has 1 aliphatic carbocycles. The molecule has 1 atom stereocenters. The number of rotatable bonds is 4. The van der Waals surface area contributed by atoms with Gasteiger partial charge in [-0.25, -0.2) is 4.79 Å². The minimum atomic E-state index is -0.187. The Hall–Kier alpha value is -2.82. The zero-order valence-electron chi connectivity index (χ0n) is 13.9. The number of likely N-dealkylation sites (tertiary alicyclic amines) is 1. The first kappa shape index (κ1) is 15.7. The molecule has 2 aliphatic rings. The number of nitrogens with zero attached hydrogens (tertiary/aromatic N) is 1. The number of hydrogen-bond donors (Lipinski definition) is 2. The largest absolute Gasteiger partial charge is 0.335 e. The van der Waals surface area contributed by atoms with Crippen LogP contribution < -0.4 is 10.6 Å². The summed E-state index contributed by atoms with van der Waals surface area (Å²) in [6.45, 7) is 0.780. The molecule has 5 heteroatoms. The normalized spacial score (nSPS) is 19.0. The van der Waals surface area contributed by atoms with Crippen LogP contribution in [0, 0.1) is 0 Å². The lowest BCUT2D eigenvalue weighted by molar-refractivity contribution is 0.0460. The zero-order valence-corrected chi connectivity index (χ0v) is 13.9. The molecule has 3 amide bonds. The second-order valence-corrected chi connectivity index (χ2v) is 6.66. The van der Waals surface area contributed by atoms with Gasteiger partial charge in [-0.15, -0.1) is 0 Å². The Labute approximate surface area is 147 Å². The molecular formula is C20H21N3O2. The van der Waals surface area contributed by atoms with Crippen LogP contribution >= 0.6 is 0 Å². The molecule has 128 valence electrons. The summed E-state index contributed by atoms with van der Waals surface area (Å²) in [6.07, 6.45) is 3.11. The monoisotopic (exact) mass is 335 g/mol. The predicted molar refractivity (Wildman–Crippen MR) is 96.5 cm³/mol. The molecule has 1 saturated heterocycles. The van der Waals surface area contributed by atoms with Crippen LogP contribution in [0.1, 0.15) is 41.2 Å². The van der Waals surface area contributed by atoms with E-state index in [4.69, 9.17) is 0 Å². The number of carbonyl (C=O) groups excluding carboxylic acids is 2. The van der Waals surface area contributed by atoms with Crippen LogP contribution in [-0.2, 0) is 0 Å². The van der Waals surface area contributed by atoms with Crippen molar-refractivity contribution < 1.29 is 9.59 Å². The minimum absolute atomic E-state index is 0.0362. The molecule has 2 fully saturated rings. The fraction of sp³-hybridized carbons (Fsp3) is 0.300. The van der Waals surface area contributed by atoms with E-state index in [1.54, 1.807) is 24.3 Å². The van der Waals surface area contributed by atoms with Gasteiger partial charge >= 0.3 is 6.03 Å². The van der Waals surface area contributed by atoms with Gasteiger partial charge in [-0.05, 0) is 49.1 Å². The van der Waals surface area contributed by atoms with Crippen LogP contribution in [0.4, 0.5) is 10.5 Å². The molecule has 1 saturated carbocycles. The van der Waals surface area contributed by atoms with Gasteiger partial charge in [-0.1, -0.05) is 30.3 Å². The standard InChI is InChI=1S/C20H21N3O2/c24-19(23-13-12-18(23)14-4-2-1-3-5-14)15-6-8-16(9-7-15)21-20(25)22-17-10-11-17/h1-9,17-18H,10-13H2,(H2,21,22,25)/t18-/m1/s1. The fourth-order valence-electron chi connectivity index (χ4n) is 3.09. The third-order valence-electron chi connectivity index (χ3n) is 4.77. The topological polar surface area (TPSA) is 61.4 Å². The molecule has 1 aliphatic heterocycles. The summed E-state index contributed by atoms with van der Waals surface area (Å²) in [5.41, 5.74) is 2.52. The Morgan fingerprint density at radius 1 is 0.920 bits per heavy atom. The Kier molecular flexibility index (Phi) is 4.14. The molecule has 4 rings (SSSR count). The van der Waals surface area contributed by atoms with E-state index in [1.165, 1.54) is 5.56 Å². The number of urea groups is 1. The van der Waals surface area contributed by atoms with Crippen molar-refractivity contribution in [2.24, 2.45) is 0 Å². The minimum Gasteiger partial charge on any atom is -0.335 e. The summed E-state index contributed by atoms with van der Waals surface area (Å²) >= 11 is 0. The van der Waals surface area contributed by atoms with E-state index in [0.29, 0.717) is 17.3 Å². The van der Waals surface area contributed by atoms with Gasteiger partial charge in [-0.3, -0.25) is 4.79 Å². The third-order valence-corrected chi connectivity index (χ3v) is 4.77. The van der Waals surface area contributed by atoms with E-state index in [1.807, 2.05) is 23.1 Å². The first-order valence-corrected chi connectivity index (χ1v) is 8.74. The van der Waals surface area contributed by atoms with Crippen molar-refractivity contribution in [3.63, 3.8) is 0 Å². The van der Waals surface area contributed by atoms with E-state index < -0.39 is 0 Å². The lowest BCUT2D eigenvalue weighted by Gasteiger charge is -2.41. The maximum Gasteiger partial charge on any atom is 0.319 e. The smallest absolute Gasteiger partial charge is 0.319 e. The fourth-order valence-corrected chi connectivity index (χ4v) is 3.09. The van der Waals surface area contributed by atoms with Gasteiger partial charge < -0.3 is 15.5 Å². The van der Waals surface area contributed by atoms with Gasteiger partial charge in [0.1, 0.15) is 0 Å². The number of anilines is 1. The van der Waals surface area contributed by atoms with Gasteiger partial charge in [0, 0.05) is 23.8 Å². The highest BCUT2D eigenvalue weighted by atomic mass is 16.2. The van der Waals surface area contributed by atoms with E-state index in [2.05, 4.69) is 22.8 Å². The predicted octanol–water partition coefficient (Wildman–Crippen LogP) is 3.56. The van der Waals surface area contributed by atoms with E-state index >= 15 is 0 Å². The zero-order chi connectivity index (χ0) is 17.2. The first-order chi connectivity index (χ1) is 12.2. The van der Waals surface area contributed by atoms with Crippen LogP contribution in [0.2, 0.25) is 0 Å². The number of nitrogens with one attached hydrogen (secondary N) is 2. The summed E-state index contributed by atoms with van der Waals surface area (Å²) in [7, 11) is 0. The van der Waals surface area contributed by atoms with E-state index in [0.717, 1.165) is 25.8 Å². The van der Waals surface area contributed by atoms with Crippen molar-refractivity contribution in [1.82, 2.24) is 10.2 Å². The Balaban J connectivity index is 1.39. The van der Waals surface area contributed by atoms with Crippen LogP contribution in [-0.4, -0.2) is 29.4 Å². The van der Waals surface area contributed by atoms with Crippen molar-refractivity contribution >= 4 is 17.6 Å². The summed E-state index contributed by atoms with van der Waals surface area (Å²) in [5, 5.41) is 5.67. The summed E-state index contributed by atoms with van der Waals surface area (Å²) in [5.74, 6) is 0.0362. The molecule has 2 N–H and O–H groups in total. The van der Waals surface area contributed by atoms with Crippen LogP contribution in [0.15, 0.2) is 54.6 Å². The molecule has 0 radical (unpaired) electrons. The SMILES string of the molecule is O=C(Nc1ccc(C(=O)N2CC[C@@H]2c2ccccc2)cc1)NC1CC1. The van der Waals surface area contributed by atoms with E-state index in [-0.39, 0.29) is 18.0 Å². The second-order valence-electron chi connectivity index (χ2n) is 6.66. The average Bonchev–Trinajstić information content (AvgIpc) is 3.39. The molecule has 5 nitrogen and oxygen atoms in total. The highest BCUT2D eigenvalue weighted by Gasteiger charge is 2.33. The number of hydrogen-bond acceptors (Lipinski definition) is 2. The van der Waals surface area contributed by atoms with Gasteiger partial charge in [-0.2, -0.15) is 0 Å². The molecule has 0 aromatic heterocycles. The lowest BCUT2D eigenvalue weighted by atomic mass is 9.93. The highest BCUT2D eigenvalue weighted by molar-refractivity contribution is 5.96. The van der Waals surface area contributed by atoms with Crippen molar-refractivity contribution in [3.05, 3.63) is 65.7 Å². The van der Waals surface area contributed by atoms with Gasteiger partial charge in [0.2, 0.25) is 0 Å². The highest BCUT2D eigenvalue weighted by Crippen LogP contribution is 2.34. The van der Waals surface area contributed by atoms with E-state index in [9.17, 15) is 9.59 Å². The number of benzene rings is 2. The van der Waals surface area contributed by atoms with Gasteiger partial charge in [0.05, 0.1) is 6.04 Å². The molecule has 0 spiro atoms. The lowest BCUT2D eigenvalue weighted by Crippen LogP contribution is -2.45. The quantitative estimate of drug-likeness (QED) is 0.897. The van der Waals surface area contributed by atoms with Crippen molar-refractivity contribution in [1.29, 1.82) is 0 Å². The first-order valence-electron chi connectivity index (χ1n) is 8.74. The molecule has 2 aromatic carbocycles. The van der Waals surface area contributed by atoms with Crippen molar-refractivity contribution in [2.45, 2.75) is 31.3 Å². The van der Waals surface area contributed by atoms with Crippen molar-refractivity contribution in [3.8, 4) is 0 Å². The Bertz CT molecular complexity index is 769. The Morgan fingerprint density at radius 3 is 2.24 bits per heavy atom. The van der Waals surface area contributed by atoms with Crippen molar-refractivity contribution in [2.75, 3.05) is 11.9 Å². The molecule has 2 aromatic rings. The summed E-state index contributed by atoms with van der Waals surface area (Å²) in [6, 6.07) is 17.5. The van der Waals surface area contributed by atoms with Crippen LogP contribution in [0.3, 0.4) is 0 Å². The molecule has 25 heavy (non-hydrogen) atoms. The summed E-state index contributed by atoms with van der Waals surface area (Å²) in [4.78, 5) is 26.4. The van der Waals surface area contributed by atoms with Gasteiger partial charge in [0.15, 0.2) is 0 Å². The molecule has 0 unspecified atom stereocenters. The second kappa shape index (κ2) is 6.59. The Morgan fingerprint density at radius 2 is 1.64 bits per heavy atom. The van der Waals surface area contributed by atoms with Gasteiger partial charge in [0.25, 0.3) is 5.91 Å². The maximum atomic E-state index is 12.7.